The predicted molar refractivity (Wildman–Crippen MR) is 73.6 cm³/mol. The molecule has 0 bridgehead atoms. The SMILES string of the molecule is NCc1ccccc1CNC(=O)Oc1ccccc1. The lowest BCUT2D eigenvalue weighted by molar-refractivity contribution is 0.200. The van der Waals surface area contributed by atoms with Crippen LogP contribution in [0.25, 0.3) is 0 Å². The van der Waals surface area contributed by atoms with Crippen molar-refractivity contribution in [2.24, 2.45) is 5.73 Å². The zero-order chi connectivity index (χ0) is 13.5. The quantitative estimate of drug-likeness (QED) is 0.883. The average molecular weight is 256 g/mol. The number of rotatable bonds is 4. The molecule has 0 aromatic heterocycles. The van der Waals surface area contributed by atoms with Crippen molar-refractivity contribution in [1.82, 2.24) is 5.32 Å². The van der Waals surface area contributed by atoms with Crippen LogP contribution >= 0.6 is 0 Å². The van der Waals surface area contributed by atoms with Crippen molar-refractivity contribution in [2.75, 3.05) is 0 Å². The molecular weight excluding hydrogens is 240 g/mol. The first-order chi connectivity index (χ1) is 9.29. The normalized spacial score (nSPS) is 9.95. The molecule has 0 radical (unpaired) electrons. The number of benzene rings is 2. The Labute approximate surface area is 112 Å². The molecule has 0 unspecified atom stereocenters. The van der Waals surface area contributed by atoms with E-state index in [1.54, 1.807) is 12.1 Å². The fourth-order valence-corrected chi connectivity index (χ4v) is 1.73. The Balaban J connectivity index is 1.90. The highest BCUT2D eigenvalue weighted by atomic mass is 16.5. The standard InChI is InChI=1S/C15H16N2O2/c16-10-12-6-4-5-7-13(12)11-17-15(18)19-14-8-2-1-3-9-14/h1-9H,10-11,16H2,(H,17,18). The molecule has 4 heteroatoms. The highest BCUT2D eigenvalue weighted by Crippen LogP contribution is 2.10. The van der Waals surface area contributed by atoms with Crippen molar-refractivity contribution in [1.29, 1.82) is 0 Å². The Morgan fingerprint density at radius 1 is 1.00 bits per heavy atom. The summed E-state index contributed by atoms with van der Waals surface area (Å²) in [6.07, 6.45) is -0.474. The van der Waals surface area contributed by atoms with Gasteiger partial charge in [-0.1, -0.05) is 42.5 Å². The third-order valence-corrected chi connectivity index (χ3v) is 2.72. The van der Waals surface area contributed by atoms with E-state index in [1.165, 1.54) is 0 Å². The van der Waals surface area contributed by atoms with Crippen molar-refractivity contribution < 1.29 is 9.53 Å². The maximum atomic E-state index is 11.6. The molecule has 0 heterocycles. The minimum absolute atomic E-state index is 0.402. The van der Waals surface area contributed by atoms with Crippen molar-refractivity contribution >= 4 is 6.09 Å². The second-order valence-electron chi connectivity index (χ2n) is 4.03. The van der Waals surface area contributed by atoms with Gasteiger partial charge in [-0.05, 0) is 23.3 Å². The second kappa shape index (κ2) is 6.56. The summed E-state index contributed by atoms with van der Waals surface area (Å²) in [6, 6.07) is 16.7. The molecule has 0 fully saturated rings. The predicted octanol–water partition coefficient (Wildman–Crippen LogP) is 2.43. The van der Waals surface area contributed by atoms with Gasteiger partial charge in [-0.25, -0.2) is 4.79 Å². The number of hydrogen-bond donors (Lipinski definition) is 2. The average Bonchev–Trinajstić information content (AvgIpc) is 2.46. The smallest absolute Gasteiger partial charge is 0.410 e. The maximum Gasteiger partial charge on any atom is 0.412 e. The van der Waals surface area contributed by atoms with E-state index in [4.69, 9.17) is 10.5 Å². The summed E-state index contributed by atoms with van der Waals surface area (Å²) in [5.41, 5.74) is 7.65. The highest BCUT2D eigenvalue weighted by molar-refractivity contribution is 5.70. The largest absolute Gasteiger partial charge is 0.412 e. The number of carbonyl (C=O) groups is 1. The molecule has 2 aromatic carbocycles. The van der Waals surface area contributed by atoms with Crippen molar-refractivity contribution in [3.8, 4) is 5.75 Å². The number of hydrogen-bond acceptors (Lipinski definition) is 3. The molecule has 4 nitrogen and oxygen atoms in total. The Morgan fingerprint density at radius 3 is 2.32 bits per heavy atom. The van der Waals surface area contributed by atoms with Crippen molar-refractivity contribution in [3.05, 3.63) is 65.7 Å². The highest BCUT2D eigenvalue weighted by Gasteiger charge is 2.05. The van der Waals surface area contributed by atoms with Gasteiger partial charge in [-0.2, -0.15) is 0 Å². The molecule has 0 aliphatic carbocycles. The summed E-state index contributed by atoms with van der Waals surface area (Å²) in [4.78, 5) is 11.6. The van der Waals surface area contributed by atoms with Crippen LogP contribution in [0.4, 0.5) is 4.79 Å². The fraction of sp³-hybridized carbons (Fsp3) is 0.133. The molecule has 2 aromatic rings. The molecule has 0 saturated heterocycles. The Bertz CT molecular complexity index is 541. The number of carbonyl (C=O) groups excluding carboxylic acids is 1. The number of nitrogens with two attached hydrogens (primary N) is 1. The van der Waals surface area contributed by atoms with Crippen LogP contribution in [0, 0.1) is 0 Å². The van der Waals surface area contributed by atoms with Crippen LogP contribution in [0.3, 0.4) is 0 Å². The van der Waals surface area contributed by atoms with Gasteiger partial charge in [0.2, 0.25) is 0 Å². The van der Waals surface area contributed by atoms with Crippen molar-refractivity contribution in [2.45, 2.75) is 13.1 Å². The van der Waals surface area contributed by atoms with Crippen LogP contribution in [0.5, 0.6) is 5.75 Å². The summed E-state index contributed by atoms with van der Waals surface area (Å²) in [7, 11) is 0. The van der Waals surface area contributed by atoms with Gasteiger partial charge in [0, 0.05) is 13.1 Å². The van der Waals surface area contributed by atoms with Crippen molar-refractivity contribution in [3.63, 3.8) is 0 Å². The van der Waals surface area contributed by atoms with Gasteiger partial charge in [0.25, 0.3) is 0 Å². The molecule has 19 heavy (non-hydrogen) atoms. The van der Waals surface area contributed by atoms with Gasteiger partial charge < -0.3 is 15.8 Å². The van der Waals surface area contributed by atoms with Gasteiger partial charge in [0.1, 0.15) is 5.75 Å². The maximum absolute atomic E-state index is 11.6. The van der Waals surface area contributed by atoms with Crippen LogP contribution < -0.4 is 15.8 Å². The molecule has 0 spiro atoms. The van der Waals surface area contributed by atoms with Gasteiger partial charge in [0.05, 0.1) is 0 Å². The zero-order valence-electron chi connectivity index (χ0n) is 10.5. The molecule has 2 rings (SSSR count). The van der Waals surface area contributed by atoms with Crippen LogP contribution in [-0.2, 0) is 13.1 Å². The molecule has 3 N–H and O–H groups in total. The lowest BCUT2D eigenvalue weighted by Crippen LogP contribution is -2.26. The summed E-state index contributed by atoms with van der Waals surface area (Å²) in [5, 5.41) is 2.71. The van der Waals surface area contributed by atoms with Gasteiger partial charge in [-0.15, -0.1) is 0 Å². The molecule has 98 valence electrons. The fourth-order valence-electron chi connectivity index (χ4n) is 1.73. The molecular formula is C15H16N2O2. The minimum Gasteiger partial charge on any atom is -0.410 e. The molecule has 1 amide bonds. The Kier molecular flexibility index (Phi) is 4.53. The molecule has 0 aliphatic rings. The van der Waals surface area contributed by atoms with Crippen LogP contribution in [-0.4, -0.2) is 6.09 Å². The lowest BCUT2D eigenvalue weighted by atomic mass is 10.1. The first-order valence-electron chi connectivity index (χ1n) is 6.07. The van der Waals surface area contributed by atoms with E-state index in [-0.39, 0.29) is 0 Å². The summed E-state index contributed by atoms with van der Waals surface area (Å²) >= 11 is 0. The topological polar surface area (TPSA) is 64.3 Å². The number of para-hydroxylation sites is 1. The summed E-state index contributed by atoms with van der Waals surface area (Å²) < 4.78 is 5.13. The third-order valence-electron chi connectivity index (χ3n) is 2.72. The summed E-state index contributed by atoms with van der Waals surface area (Å²) in [5.74, 6) is 0.520. The molecule has 0 atom stereocenters. The van der Waals surface area contributed by atoms with Crippen LogP contribution in [0.1, 0.15) is 11.1 Å². The van der Waals surface area contributed by atoms with E-state index < -0.39 is 6.09 Å². The van der Waals surface area contributed by atoms with E-state index in [0.717, 1.165) is 11.1 Å². The number of amides is 1. The third kappa shape index (κ3) is 3.82. The second-order valence-corrected chi connectivity index (χ2v) is 4.03. The van der Waals surface area contributed by atoms with Crippen LogP contribution in [0.2, 0.25) is 0 Å². The van der Waals surface area contributed by atoms with Crippen LogP contribution in [0.15, 0.2) is 54.6 Å². The summed E-state index contributed by atoms with van der Waals surface area (Å²) in [6.45, 7) is 0.852. The monoisotopic (exact) mass is 256 g/mol. The lowest BCUT2D eigenvalue weighted by Gasteiger charge is -2.09. The number of nitrogens with one attached hydrogen (secondary N) is 1. The Morgan fingerprint density at radius 2 is 1.63 bits per heavy atom. The molecule has 0 saturated carbocycles. The molecule has 0 aliphatic heterocycles. The van der Waals surface area contributed by atoms with E-state index in [9.17, 15) is 4.79 Å². The van der Waals surface area contributed by atoms with Gasteiger partial charge in [0.15, 0.2) is 0 Å². The van der Waals surface area contributed by atoms with Gasteiger partial charge >= 0.3 is 6.09 Å². The first-order valence-corrected chi connectivity index (χ1v) is 6.07. The van der Waals surface area contributed by atoms with E-state index in [1.807, 2.05) is 42.5 Å². The van der Waals surface area contributed by atoms with E-state index >= 15 is 0 Å². The number of ether oxygens (including phenoxy) is 1. The first kappa shape index (κ1) is 13.1. The Hall–Kier alpha value is -2.33. The van der Waals surface area contributed by atoms with E-state index in [2.05, 4.69) is 5.32 Å². The zero-order valence-corrected chi connectivity index (χ0v) is 10.5. The minimum atomic E-state index is -0.474. The van der Waals surface area contributed by atoms with E-state index in [0.29, 0.717) is 18.8 Å². The van der Waals surface area contributed by atoms with Gasteiger partial charge in [-0.3, -0.25) is 0 Å².